The molecule has 1 aliphatic rings. The second-order valence-electron chi connectivity index (χ2n) is 7.66. The molecular weight excluding hydrogens is 428 g/mol. The van der Waals surface area contributed by atoms with Crippen LogP contribution in [-0.4, -0.2) is 53.9 Å². The smallest absolute Gasteiger partial charge is 0.310 e. The molecule has 0 fully saturated rings. The van der Waals surface area contributed by atoms with Crippen molar-refractivity contribution in [3.63, 3.8) is 0 Å². The molecule has 1 aliphatic carbocycles. The Morgan fingerprint density at radius 2 is 1.36 bits per heavy atom. The molecule has 3 atom stereocenters. The van der Waals surface area contributed by atoms with Gasteiger partial charge in [-0.15, -0.1) is 0 Å². The van der Waals surface area contributed by atoms with Crippen molar-refractivity contribution in [2.24, 2.45) is 11.8 Å². The van der Waals surface area contributed by atoms with Gasteiger partial charge in [0.05, 0.1) is 48.1 Å². The summed E-state index contributed by atoms with van der Waals surface area (Å²) in [4.78, 5) is 26.5. The van der Waals surface area contributed by atoms with E-state index in [0.29, 0.717) is 39.9 Å². The largest absolute Gasteiger partial charge is 0.493 e. The molecule has 0 unspecified atom stereocenters. The molecule has 0 aromatic heterocycles. The average molecular weight is 459 g/mol. The van der Waals surface area contributed by atoms with Crippen LogP contribution in [0.5, 0.6) is 28.7 Å². The van der Waals surface area contributed by atoms with E-state index in [1.165, 1.54) is 35.5 Å². The number of esters is 1. The summed E-state index contributed by atoms with van der Waals surface area (Å²) in [6, 6.07) is 7.00. The van der Waals surface area contributed by atoms with Gasteiger partial charge in [-0.1, -0.05) is 6.92 Å². The Labute approximate surface area is 193 Å². The molecule has 0 spiro atoms. The standard InChI is InChI=1S/C25H30O8/c1-8-33-25(27)21-13(2)23(26)16-12-18(29-4)17(28-3)11-15(16)22(21)14-9-19(30-5)24(32-7)20(10-14)31-6/h9-13,21-22H,8H2,1-7H3/t13-,21+,22+/m1/s1. The minimum atomic E-state index is -0.758. The fraction of sp³-hybridized carbons (Fsp3) is 0.440. The highest BCUT2D eigenvalue weighted by Crippen LogP contribution is 2.50. The molecule has 0 saturated carbocycles. The van der Waals surface area contributed by atoms with Crippen molar-refractivity contribution in [1.29, 1.82) is 0 Å². The number of hydrogen-bond donors (Lipinski definition) is 0. The van der Waals surface area contributed by atoms with Gasteiger partial charge in [0, 0.05) is 17.4 Å². The summed E-state index contributed by atoms with van der Waals surface area (Å²) < 4.78 is 32.8. The summed E-state index contributed by atoms with van der Waals surface area (Å²) in [6.45, 7) is 3.69. The third kappa shape index (κ3) is 4.17. The first kappa shape index (κ1) is 24.2. The molecule has 0 saturated heterocycles. The SMILES string of the molecule is CCOC(=O)[C@@H]1[C@@H](c2cc(OC)c(OC)c(OC)c2)c2cc(OC)c(OC)cc2C(=O)[C@@H]1C. The van der Waals surface area contributed by atoms with E-state index < -0.39 is 23.7 Å². The number of ketones is 1. The Morgan fingerprint density at radius 1 is 0.818 bits per heavy atom. The number of carbonyl (C=O) groups excluding carboxylic acids is 2. The van der Waals surface area contributed by atoms with Crippen LogP contribution in [0, 0.1) is 11.8 Å². The summed E-state index contributed by atoms with van der Waals surface area (Å²) >= 11 is 0. The highest BCUT2D eigenvalue weighted by Gasteiger charge is 2.46. The predicted octanol–water partition coefficient (Wildman–Crippen LogP) is 3.87. The molecule has 0 radical (unpaired) electrons. The number of Topliss-reactive ketones (excluding diaryl/α,β-unsaturated/α-hetero) is 1. The summed E-state index contributed by atoms with van der Waals surface area (Å²) in [7, 11) is 7.61. The molecule has 0 amide bonds. The minimum absolute atomic E-state index is 0.160. The average Bonchev–Trinajstić information content (AvgIpc) is 2.84. The molecule has 0 aliphatic heterocycles. The zero-order valence-electron chi connectivity index (χ0n) is 20.0. The maximum absolute atomic E-state index is 13.4. The Kier molecular flexibility index (Phi) is 7.36. The quantitative estimate of drug-likeness (QED) is 0.551. The highest BCUT2D eigenvalue weighted by molar-refractivity contribution is 6.04. The molecule has 0 N–H and O–H groups in total. The Balaban J connectivity index is 2.35. The third-order valence-corrected chi connectivity index (χ3v) is 6.07. The van der Waals surface area contributed by atoms with Crippen LogP contribution in [0.4, 0.5) is 0 Å². The summed E-state index contributed by atoms with van der Waals surface area (Å²) in [5, 5.41) is 0. The van der Waals surface area contributed by atoms with Gasteiger partial charge in [-0.3, -0.25) is 9.59 Å². The zero-order valence-corrected chi connectivity index (χ0v) is 20.0. The molecular formula is C25H30O8. The van der Waals surface area contributed by atoms with Crippen molar-refractivity contribution in [1.82, 2.24) is 0 Å². The lowest BCUT2D eigenvalue weighted by molar-refractivity contribution is -0.150. The van der Waals surface area contributed by atoms with Gasteiger partial charge in [0.1, 0.15) is 0 Å². The van der Waals surface area contributed by atoms with Gasteiger partial charge < -0.3 is 28.4 Å². The van der Waals surface area contributed by atoms with Crippen LogP contribution in [0.15, 0.2) is 24.3 Å². The fourth-order valence-electron chi connectivity index (χ4n) is 4.50. The van der Waals surface area contributed by atoms with E-state index in [-0.39, 0.29) is 12.4 Å². The van der Waals surface area contributed by atoms with E-state index in [1.807, 2.05) is 0 Å². The van der Waals surface area contributed by atoms with Crippen LogP contribution in [0.25, 0.3) is 0 Å². The number of fused-ring (bicyclic) bond motifs is 1. The summed E-state index contributed by atoms with van der Waals surface area (Å²) in [5.41, 5.74) is 1.83. The van der Waals surface area contributed by atoms with Crippen molar-refractivity contribution < 1.29 is 38.0 Å². The molecule has 8 nitrogen and oxygen atoms in total. The van der Waals surface area contributed by atoms with Gasteiger partial charge >= 0.3 is 5.97 Å². The van der Waals surface area contributed by atoms with Gasteiger partial charge in [-0.2, -0.15) is 0 Å². The van der Waals surface area contributed by atoms with Crippen LogP contribution in [-0.2, 0) is 9.53 Å². The Bertz CT molecular complexity index is 1020. The number of ether oxygens (including phenoxy) is 6. The van der Waals surface area contributed by atoms with E-state index in [2.05, 4.69) is 0 Å². The van der Waals surface area contributed by atoms with Crippen LogP contribution in [0.2, 0.25) is 0 Å². The van der Waals surface area contributed by atoms with Crippen LogP contribution < -0.4 is 23.7 Å². The molecule has 2 aromatic carbocycles. The van der Waals surface area contributed by atoms with E-state index >= 15 is 0 Å². The molecule has 0 bridgehead atoms. The molecule has 0 heterocycles. The number of hydrogen-bond acceptors (Lipinski definition) is 8. The van der Waals surface area contributed by atoms with Gasteiger partial charge in [-0.25, -0.2) is 0 Å². The Morgan fingerprint density at radius 3 is 1.85 bits per heavy atom. The van der Waals surface area contributed by atoms with Gasteiger partial charge in [-0.05, 0) is 42.3 Å². The molecule has 178 valence electrons. The summed E-state index contributed by atoms with van der Waals surface area (Å²) in [5.74, 6) is -0.297. The third-order valence-electron chi connectivity index (χ3n) is 6.07. The number of benzene rings is 2. The lowest BCUT2D eigenvalue weighted by Gasteiger charge is -2.36. The van der Waals surface area contributed by atoms with E-state index in [4.69, 9.17) is 28.4 Å². The maximum Gasteiger partial charge on any atom is 0.310 e. The van der Waals surface area contributed by atoms with E-state index in [0.717, 1.165) is 5.56 Å². The van der Waals surface area contributed by atoms with Gasteiger partial charge in [0.2, 0.25) is 5.75 Å². The van der Waals surface area contributed by atoms with Crippen molar-refractivity contribution in [2.45, 2.75) is 19.8 Å². The topological polar surface area (TPSA) is 89.5 Å². The van der Waals surface area contributed by atoms with Gasteiger partial charge in [0.15, 0.2) is 28.8 Å². The molecule has 33 heavy (non-hydrogen) atoms. The first-order valence-corrected chi connectivity index (χ1v) is 10.6. The monoisotopic (exact) mass is 458 g/mol. The van der Waals surface area contributed by atoms with Crippen LogP contribution >= 0.6 is 0 Å². The second-order valence-corrected chi connectivity index (χ2v) is 7.66. The van der Waals surface area contributed by atoms with Crippen LogP contribution in [0.1, 0.15) is 41.3 Å². The van der Waals surface area contributed by atoms with Crippen molar-refractivity contribution in [2.75, 3.05) is 42.2 Å². The van der Waals surface area contributed by atoms with Crippen molar-refractivity contribution >= 4 is 11.8 Å². The number of methoxy groups -OCH3 is 5. The maximum atomic E-state index is 13.4. The zero-order chi connectivity index (χ0) is 24.3. The first-order chi connectivity index (χ1) is 15.9. The van der Waals surface area contributed by atoms with Crippen molar-refractivity contribution in [3.05, 3.63) is 41.0 Å². The van der Waals surface area contributed by atoms with Gasteiger partial charge in [0.25, 0.3) is 0 Å². The number of carbonyl (C=O) groups is 2. The minimum Gasteiger partial charge on any atom is -0.493 e. The molecule has 3 rings (SSSR count). The first-order valence-electron chi connectivity index (χ1n) is 10.6. The fourth-order valence-corrected chi connectivity index (χ4v) is 4.50. The second kappa shape index (κ2) is 10.0. The summed E-state index contributed by atoms with van der Waals surface area (Å²) in [6.07, 6.45) is 0. The molecule has 2 aromatic rings. The Hall–Kier alpha value is -3.42. The van der Waals surface area contributed by atoms with Crippen LogP contribution in [0.3, 0.4) is 0 Å². The van der Waals surface area contributed by atoms with E-state index in [9.17, 15) is 9.59 Å². The number of rotatable bonds is 8. The highest BCUT2D eigenvalue weighted by atomic mass is 16.5. The van der Waals surface area contributed by atoms with Crippen molar-refractivity contribution in [3.8, 4) is 28.7 Å². The van der Waals surface area contributed by atoms with E-state index in [1.54, 1.807) is 38.1 Å². The predicted molar refractivity (Wildman–Crippen MR) is 121 cm³/mol. The molecule has 8 heteroatoms. The lowest BCUT2D eigenvalue weighted by atomic mass is 9.66. The lowest BCUT2D eigenvalue weighted by Crippen LogP contribution is -2.39. The normalized spacial score (nSPS) is 19.4.